The summed E-state index contributed by atoms with van der Waals surface area (Å²) < 4.78 is 13.1. The van der Waals surface area contributed by atoms with Crippen LogP contribution in [0.2, 0.25) is 10.0 Å². The number of halogens is 3. The van der Waals surface area contributed by atoms with E-state index in [9.17, 15) is 4.39 Å². The van der Waals surface area contributed by atoms with Gasteiger partial charge in [-0.2, -0.15) is 0 Å². The summed E-state index contributed by atoms with van der Waals surface area (Å²) in [6.07, 6.45) is 0. The van der Waals surface area contributed by atoms with E-state index in [-0.39, 0.29) is 5.82 Å². The number of rotatable bonds is 3. The third kappa shape index (κ3) is 3.07. The fourth-order valence-corrected chi connectivity index (χ4v) is 2.74. The van der Waals surface area contributed by atoms with Gasteiger partial charge in [-0.15, -0.1) is 0 Å². The van der Waals surface area contributed by atoms with Gasteiger partial charge in [-0.05, 0) is 24.3 Å². The van der Waals surface area contributed by atoms with E-state index in [0.717, 1.165) is 4.90 Å². The Hall–Kier alpha value is -0.970. The van der Waals surface area contributed by atoms with Crippen molar-refractivity contribution in [2.24, 2.45) is 0 Å². The normalized spacial score (nSPS) is 10.4. The molecule has 0 aliphatic carbocycles. The second-order valence-electron chi connectivity index (χ2n) is 3.42. The minimum atomic E-state index is -0.293. The van der Waals surface area contributed by atoms with Gasteiger partial charge < -0.3 is 5.32 Å². The number of benzene rings is 1. The maximum Gasteiger partial charge on any atom is 0.146 e. The van der Waals surface area contributed by atoms with Crippen LogP contribution in [0.25, 0.3) is 0 Å². The Labute approximate surface area is 119 Å². The van der Waals surface area contributed by atoms with Gasteiger partial charge in [0.2, 0.25) is 0 Å². The topological polar surface area (TPSA) is 24.9 Å². The Balaban J connectivity index is 2.34. The first kappa shape index (κ1) is 13.5. The summed E-state index contributed by atoms with van der Waals surface area (Å²) in [4.78, 5) is 5.01. The van der Waals surface area contributed by atoms with Crippen molar-refractivity contribution in [2.75, 3.05) is 12.4 Å². The average Bonchev–Trinajstić information content (AvgIpc) is 2.33. The molecule has 2 rings (SSSR count). The van der Waals surface area contributed by atoms with Crippen molar-refractivity contribution in [3.63, 3.8) is 0 Å². The Bertz CT molecular complexity index is 578. The van der Waals surface area contributed by atoms with Crippen LogP contribution in [0, 0.1) is 5.82 Å². The van der Waals surface area contributed by atoms with Crippen LogP contribution in [0.5, 0.6) is 0 Å². The van der Waals surface area contributed by atoms with E-state index in [2.05, 4.69) is 10.3 Å². The van der Waals surface area contributed by atoms with E-state index in [4.69, 9.17) is 23.2 Å². The van der Waals surface area contributed by atoms with Crippen LogP contribution in [-0.4, -0.2) is 12.0 Å². The Morgan fingerprint density at radius 3 is 2.67 bits per heavy atom. The van der Waals surface area contributed by atoms with Crippen molar-refractivity contribution in [1.82, 2.24) is 4.98 Å². The van der Waals surface area contributed by atoms with Crippen molar-refractivity contribution < 1.29 is 4.39 Å². The summed E-state index contributed by atoms with van der Waals surface area (Å²) in [6.45, 7) is 0. The van der Waals surface area contributed by atoms with Crippen LogP contribution in [0.3, 0.4) is 0 Å². The largest absolute Gasteiger partial charge is 0.372 e. The summed E-state index contributed by atoms with van der Waals surface area (Å²) in [5.74, 6) is 0.249. The molecular weight excluding hydrogens is 294 g/mol. The number of aromatic nitrogens is 1. The van der Waals surface area contributed by atoms with Gasteiger partial charge in [-0.1, -0.05) is 41.0 Å². The first-order valence-corrected chi connectivity index (χ1v) is 6.64. The van der Waals surface area contributed by atoms with E-state index in [1.54, 1.807) is 25.2 Å². The highest BCUT2D eigenvalue weighted by molar-refractivity contribution is 7.99. The van der Waals surface area contributed by atoms with Crippen LogP contribution in [-0.2, 0) is 0 Å². The number of pyridine rings is 1. The molecule has 0 bridgehead atoms. The molecule has 1 N–H and O–H groups in total. The molecule has 0 amide bonds. The molecule has 0 aliphatic rings. The number of nitrogens with zero attached hydrogens (tertiary/aromatic N) is 1. The molecule has 0 saturated heterocycles. The Morgan fingerprint density at radius 2 is 2.00 bits per heavy atom. The molecule has 0 aliphatic heterocycles. The smallest absolute Gasteiger partial charge is 0.146 e. The average molecular weight is 303 g/mol. The molecule has 94 valence electrons. The van der Waals surface area contributed by atoms with Gasteiger partial charge in [0, 0.05) is 11.9 Å². The minimum Gasteiger partial charge on any atom is -0.372 e. The molecule has 1 heterocycles. The predicted octanol–water partition coefficient (Wildman–Crippen LogP) is 4.72. The SMILES string of the molecule is CNc1nc(Sc2cccc(F)c2)c(Cl)cc1Cl. The molecule has 6 heteroatoms. The molecule has 0 saturated carbocycles. The van der Waals surface area contributed by atoms with Crippen LogP contribution in [0.15, 0.2) is 40.3 Å². The van der Waals surface area contributed by atoms with Gasteiger partial charge in [-0.25, -0.2) is 9.37 Å². The van der Waals surface area contributed by atoms with Crippen molar-refractivity contribution in [3.8, 4) is 0 Å². The molecule has 1 aromatic heterocycles. The molecule has 1 aromatic carbocycles. The summed E-state index contributed by atoms with van der Waals surface area (Å²) in [6, 6.07) is 7.86. The lowest BCUT2D eigenvalue weighted by atomic mass is 10.4. The monoisotopic (exact) mass is 302 g/mol. The van der Waals surface area contributed by atoms with Crippen molar-refractivity contribution >= 4 is 40.8 Å². The van der Waals surface area contributed by atoms with Crippen molar-refractivity contribution in [3.05, 3.63) is 46.2 Å². The third-order valence-electron chi connectivity index (χ3n) is 2.14. The minimum absolute atomic E-state index is 0.293. The molecular formula is C12H9Cl2FN2S. The summed E-state index contributed by atoms with van der Waals surface area (Å²) in [5.41, 5.74) is 0. The zero-order valence-electron chi connectivity index (χ0n) is 9.38. The number of hydrogen-bond acceptors (Lipinski definition) is 3. The van der Waals surface area contributed by atoms with E-state index in [1.165, 1.54) is 23.9 Å². The van der Waals surface area contributed by atoms with Crippen LogP contribution >= 0.6 is 35.0 Å². The molecule has 0 spiro atoms. The zero-order chi connectivity index (χ0) is 13.1. The van der Waals surface area contributed by atoms with Gasteiger partial charge >= 0.3 is 0 Å². The predicted molar refractivity (Wildman–Crippen MR) is 74.3 cm³/mol. The number of nitrogens with one attached hydrogen (secondary N) is 1. The van der Waals surface area contributed by atoms with E-state index in [1.807, 2.05) is 0 Å². The van der Waals surface area contributed by atoms with E-state index < -0.39 is 0 Å². The van der Waals surface area contributed by atoms with Crippen molar-refractivity contribution in [1.29, 1.82) is 0 Å². The van der Waals surface area contributed by atoms with Gasteiger partial charge in [-0.3, -0.25) is 0 Å². The molecule has 0 radical (unpaired) electrons. The van der Waals surface area contributed by atoms with Gasteiger partial charge in [0.15, 0.2) is 0 Å². The molecule has 0 fully saturated rings. The molecule has 2 nitrogen and oxygen atoms in total. The highest BCUT2D eigenvalue weighted by Crippen LogP contribution is 2.35. The second kappa shape index (κ2) is 5.78. The lowest BCUT2D eigenvalue weighted by molar-refractivity contribution is 0.624. The van der Waals surface area contributed by atoms with Crippen LogP contribution in [0.1, 0.15) is 0 Å². The maximum atomic E-state index is 13.1. The van der Waals surface area contributed by atoms with Gasteiger partial charge in [0.1, 0.15) is 16.7 Å². The van der Waals surface area contributed by atoms with Gasteiger partial charge in [0.25, 0.3) is 0 Å². The molecule has 0 atom stereocenters. The summed E-state index contributed by atoms with van der Waals surface area (Å²) in [7, 11) is 1.72. The molecule has 2 aromatic rings. The molecule has 0 unspecified atom stereocenters. The fourth-order valence-electron chi connectivity index (χ4n) is 1.34. The fraction of sp³-hybridized carbons (Fsp3) is 0.0833. The third-order valence-corrected chi connectivity index (χ3v) is 3.83. The van der Waals surface area contributed by atoms with E-state index >= 15 is 0 Å². The first-order chi connectivity index (χ1) is 8.60. The summed E-state index contributed by atoms with van der Waals surface area (Å²) >= 11 is 13.3. The summed E-state index contributed by atoms with van der Waals surface area (Å²) in [5, 5.41) is 4.34. The van der Waals surface area contributed by atoms with Crippen LogP contribution < -0.4 is 5.32 Å². The van der Waals surface area contributed by atoms with Crippen molar-refractivity contribution in [2.45, 2.75) is 9.92 Å². The highest BCUT2D eigenvalue weighted by Gasteiger charge is 2.10. The van der Waals surface area contributed by atoms with Gasteiger partial charge in [0.05, 0.1) is 10.0 Å². The van der Waals surface area contributed by atoms with Crippen LogP contribution in [0.4, 0.5) is 10.2 Å². The quantitative estimate of drug-likeness (QED) is 0.888. The second-order valence-corrected chi connectivity index (χ2v) is 5.29. The lowest BCUT2D eigenvalue weighted by Gasteiger charge is -2.08. The zero-order valence-corrected chi connectivity index (χ0v) is 11.7. The first-order valence-electron chi connectivity index (χ1n) is 5.07. The lowest BCUT2D eigenvalue weighted by Crippen LogP contribution is -1.95. The number of anilines is 1. The highest BCUT2D eigenvalue weighted by atomic mass is 35.5. The molecule has 18 heavy (non-hydrogen) atoms. The van der Waals surface area contributed by atoms with E-state index in [0.29, 0.717) is 20.9 Å². The Kier molecular flexibility index (Phi) is 4.32. The maximum absolute atomic E-state index is 13.1. The Morgan fingerprint density at radius 1 is 1.22 bits per heavy atom. The number of hydrogen-bond donors (Lipinski definition) is 1. The standard InChI is InChI=1S/C12H9Cl2FN2S/c1-16-11-9(13)6-10(14)12(17-11)18-8-4-2-3-7(15)5-8/h2-6H,1H3,(H,16,17).